The van der Waals surface area contributed by atoms with Crippen LogP contribution in [0.4, 0.5) is 5.69 Å². The second-order valence-corrected chi connectivity index (χ2v) is 3.91. The highest BCUT2D eigenvalue weighted by Crippen LogP contribution is 2.34. The summed E-state index contributed by atoms with van der Waals surface area (Å²) in [6, 6.07) is 3.14. The maximum atomic E-state index is 12.4. The highest BCUT2D eigenvalue weighted by Gasteiger charge is 2.21. The fraction of sp³-hybridized carbons (Fsp3) is 0.462. The van der Waals surface area contributed by atoms with Crippen molar-refractivity contribution in [3.63, 3.8) is 0 Å². The van der Waals surface area contributed by atoms with Crippen molar-refractivity contribution in [3.8, 4) is 11.5 Å². The first-order valence-corrected chi connectivity index (χ1v) is 6.00. The van der Waals surface area contributed by atoms with E-state index in [-0.39, 0.29) is 19.1 Å². The van der Waals surface area contributed by atoms with E-state index in [0.717, 1.165) is 0 Å². The average Bonchev–Trinajstić information content (AvgIpc) is 2.42. The van der Waals surface area contributed by atoms with Gasteiger partial charge in [-0.25, -0.2) is 0 Å². The molecule has 0 saturated heterocycles. The summed E-state index contributed by atoms with van der Waals surface area (Å²) in [7, 11) is 2.95. The number of amides is 1. The summed E-state index contributed by atoms with van der Waals surface area (Å²) in [5.41, 5.74) is 6.50. The lowest BCUT2D eigenvalue weighted by atomic mass is 10.1. The number of benzene rings is 1. The summed E-state index contributed by atoms with van der Waals surface area (Å²) >= 11 is 0. The Morgan fingerprint density at radius 2 is 2.05 bits per heavy atom. The van der Waals surface area contributed by atoms with Crippen LogP contribution in [0.25, 0.3) is 0 Å². The van der Waals surface area contributed by atoms with E-state index in [2.05, 4.69) is 0 Å². The Hall–Kier alpha value is -1.95. The molecule has 0 fully saturated rings. The van der Waals surface area contributed by atoms with Crippen molar-refractivity contribution < 1.29 is 19.4 Å². The molecule has 1 aromatic rings. The smallest absolute Gasteiger partial charge is 0.257 e. The van der Waals surface area contributed by atoms with E-state index >= 15 is 0 Å². The number of hydrogen-bond donors (Lipinski definition) is 2. The van der Waals surface area contributed by atoms with Crippen molar-refractivity contribution in [2.24, 2.45) is 0 Å². The minimum Gasteiger partial charge on any atom is -0.493 e. The van der Waals surface area contributed by atoms with Crippen LogP contribution in [0.15, 0.2) is 12.1 Å². The summed E-state index contributed by atoms with van der Waals surface area (Å²) < 4.78 is 10.4. The molecule has 0 radical (unpaired) electrons. The first-order valence-electron chi connectivity index (χ1n) is 6.00. The summed E-state index contributed by atoms with van der Waals surface area (Å²) in [5.74, 6) is 0.503. The maximum Gasteiger partial charge on any atom is 0.257 e. The lowest BCUT2D eigenvalue weighted by Gasteiger charge is -2.22. The predicted molar refractivity (Wildman–Crippen MR) is 72.6 cm³/mol. The number of nitrogen functional groups attached to an aromatic ring is 1. The lowest BCUT2D eigenvalue weighted by molar-refractivity contribution is 0.0728. The van der Waals surface area contributed by atoms with Gasteiger partial charge < -0.3 is 25.2 Å². The van der Waals surface area contributed by atoms with E-state index in [1.165, 1.54) is 19.1 Å². The van der Waals surface area contributed by atoms with Crippen LogP contribution in [0, 0.1) is 0 Å². The van der Waals surface area contributed by atoms with Crippen LogP contribution >= 0.6 is 0 Å². The first-order chi connectivity index (χ1) is 9.08. The Morgan fingerprint density at radius 1 is 1.37 bits per heavy atom. The van der Waals surface area contributed by atoms with E-state index in [9.17, 15) is 4.79 Å². The summed E-state index contributed by atoms with van der Waals surface area (Å²) in [5, 5.41) is 8.97. The van der Waals surface area contributed by atoms with Gasteiger partial charge in [-0.15, -0.1) is 0 Å². The van der Waals surface area contributed by atoms with Gasteiger partial charge in [-0.1, -0.05) is 0 Å². The molecule has 0 spiro atoms. The molecule has 0 saturated carbocycles. The summed E-state index contributed by atoms with van der Waals surface area (Å²) in [6.45, 7) is 2.49. The molecule has 6 nitrogen and oxygen atoms in total. The van der Waals surface area contributed by atoms with E-state index in [0.29, 0.717) is 29.3 Å². The Labute approximate surface area is 112 Å². The molecule has 0 aliphatic heterocycles. The summed E-state index contributed by atoms with van der Waals surface area (Å²) in [4.78, 5) is 13.9. The predicted octanol–water partition coefficient (Wildman–Crippen LogP) is 0.740. The van der Waals surface area contributed by atoms with Crippen molar-refractivity contribution in [2.45, 2.75) is 6.92 Å². The van der Waals surface area contributed by atoms with Crippen molar-refractivity contribution in [1.29, 1.82) is 0 Å². The fourth-order valence-electron chi connectivity index (χ4n) is 1.84. The standard InChI is InChI=1S/C13H20N2O4/c1-4-15(5-6-16)13(17)10-7-9(14)8-11(18-2)12(10)19-3/h7-8,16H,4-6,14H2,1-3H3. The van der Waals surface area contributed by atoms with Crippen molar-refractivity contribution in [3.05, 3.63) is 17.7 Å². The van der Waals surface area contributed by atoms with Crippen molar-refractivity contribution in [1.82, 2.24) is 4.90 Å². The fourth-order valence-corrected chi connectivity index (χ4v) is 1.84. The number of aliphatic hydroxyl groups is 1. The third-order valence-corrected chi connectivity index (χ3v) is 2.77. The monoisotopic (exact) mass is 268 g/mol. The molecule has 3 N–H and O–H groups in total. The van der Waals surface area contributed by atoms with E-state index in [1.807, 2.05) is 6.92 Å². The van der Waals surface area contributed by atoms with Crippen LogP contribution in [-0.4, -0.2) is 49.8 Å². The molecular formula is C13H20N2O4. The quantitative estimate of drug-likeness (QED) is 0.743. The van der Waals surface area contributed by atoms with Gasteiger partial charge in [0.1, 0.15) is 0 Å². The van der Waals surface area contributed by atoms with Gasteiger partial charge in [0.25, 0.3) is 5.91 Å². The van der Waals surface area contributed by atoms with Crippen LogP contribution in [0.2, 0.25) is 0 Å². The van der Waals surface area contributed by atoms with Gasteiger partial charge >= 0.3 is 0 Å². The molecule has 19 heavy (non-hydrogen) atoms. The number of ether oxygens (including phenoxy) is 2. The number of carbonyl (C=O) groups is 1. The molecule has 0 aromatic heterocycles. The number of nitrogens with two attached hydrogens (primary N) is 1. The van der Waals surface area contributed by atoms with E-state index in [1.54, 1.807) is 12.1 Å². The lowest BCUT2D eigenvalue weighted by Crippen LogP contribution is -2.33. The largest absolute Gasteiger partial charge is 0.493 e. The number of rotatable bonds is 6. The average molecular weight is 268 g/mol. The van der Waals surface area contributed by atoms with Crippen molar-refractivity contribution >= 4 is 11.6 Å². The molecule has 6 heteroatoms. The molecule has 0 aliphatic rings. The third kappa shape index (κ3) is 3.29. The molecule has 0 aliphatic carbocycles. The number of methoxy groups -OCH3 is 2. The van der Waals surface area contributed by atoms with Gasteiger partial charge in [-0.3, -0.25) is 4.79 Å². The highest BCUT2D eigenvalue weighted by molar-refractivity contribution is 5.98. The molecule has 0 unspecified atom stereocenters. The minimum atomic E-state index is -0.251. The Balaban J connectivity index is 3.24. The zero-order valence-electron chi connectivity index (χ0n) is 11.5. The Kier molecular flexibility index (Phi) is 5.44. The first kappa shape index (κ1) is 15.1. The number of hydrogen-bond acceptors (Lipinski definition) is 5. The topological polar surface area (TPSA) is 85.0 Å². The number of likely N-dealkylation sites (N-methyl/N-ethyl adjacent to an activating group) is 1. The van der Waals surface area contributed by atoms with Crippen LogP contribution in [-0.2, 0) is 0 Å². The van der Waals surface area contributed by atoms with Crippen LogP contribution < -0.4 is 15.2 Å². The van der Waals surface area contributed by atoms with E-state index in [4.69, 9.17) is 20.3 Å². The summed E-state index contributed by atoms with van der Waals surface area (Å²) in [6.07, 6.45) is 0. The maximum absolute atomic E-state index is 12.4. The number of aliphatic hydroxyl groups excluding tert-OH is 1. The molecule has 1 rings (SSSR count). The molecule has 1 aromatic carbocycles. The Bertz CT molecular complexity index is 449. The second kappa shape index (κ2) is 6.84. The van der Waals surface area contributed by atoms with Crippen LogP contribution in [0.3, 0.4) is 0 Å². The van der Waals surface area contributed by atoms with Gasteiger partial charge in [-0.05, 0) is 13.0 Å². The van der Waals surface area contributed by atoms with Crippen LogP contribution in [0.5, 0.6) is 11.5 Å². The Morgan fingerprint density at radius 3 is 2.53 bits per heavy atom. The van der Waals surface area contributed by atoms with Gasteiger partial charge in [0.2, 0.25) is 0 Å². The molecule has 106 valence electrons. The SMILES string of the molecule is CCN(CCO)C(=O)c1cc(N)cc(OC)c1OC. The second-order valence-electron chi connectivity index (χ2n) is 3.91. The molecule has 0 bridgehead atoms. The zero-order valence-corrected chi connectivity index (χ0v) is 11.5. The molecule has 0 atom stereocenters. The number of nitrogens with zero attached hydrogens (tertiary/aromatic N) is 1. The van der Waals surface area contributed by atoms with E-state index < -0.39 is 0 Å². The van der Waals surface area contributed by atoms with Gasteiger partial charge in [0, 0.05) is 24.8 Å². The van der Waals surface area contributed by atoms with Gasteiger partial charge in [-0.2, -0.15) is 0 Å². The normalized spacial score (nSPS) is 10.1. The molecular weight excluding hydrogens is 248 g/mol. The van der Waals surface area contributed by atoms with Gasteiger partial charge in [0.15, 0.2) is 11.5 Å². The molecule has 0 heterocycles. The number of anilines is 1. The zero-order chi connectivity index (χ0) is 14.4. The molecule has 1 amide bonds. The van der Waals surface area contributed by atoms with Gasteiger partial charge in [0.05, 0.1) is 26.4 Å². The van der Waals surface area contributed by atoms with Crippen molar-refractivity contribution in [2.75, 3.05) is 39.6 Å². The number of carbonyl (C=O) groups excluding carboxylic acids is 1. The highest BCUT2D eigenvalue weighted by atomic mass is 16.5. The minimum absolute atomic E-state index is 0.0959. The van der Waals surface area contributed by atoms with Crippen LogP contribution in [0.1, 0.15) is 17.3 Å². The third-order valence-electron chi connectivity index (χ3n) is 2.77.